The summed E-state index contributed by atoms with van der Waals surface area (Å²) in [5.41, 5.74) is 3.62. The molecule has 0 saturated heterocycles. The van der Waals surface area contributed by atoms with E-state index in [0.717, 1.165) is 53.7 Å². The van der Waals surface area contributed by atoms with Gasteiger partial charge < -0.3 is 14.3 Å². The molecule has 0 unspecified atom stereocenters. The molecule has 21 heavy (non-hydrogen) atoms. The van der Waals surface area contributed by atoms with Gasteiger partial charge in [-0.1, -0.05) is 0 Å². The molecule has 4 rings (SSSR count). The smallest absolute Gasteiger partial charge is 0.230 e. The van der Waals surface area contributed by atoms with Crippen molar-refractivity contribution in [3.05, 3.63) is 29.2 Å². The van der Waals surface area contributed by atoms with Crippen molar-refractivity contribution in [2.45, 2.75) is 51.6 Å². The van der Waals surface area contributed by atoms with E-state index in [1.54, 1.807) is 12.5 Å². The Kier molecular flexibility index (Phi) is 2.59. The lowest BCUT2D eigenvalue weighted by Crippen LogP contribution is -2.46. The Balaban J connectivity index is 1.95. The van der Waals surface area contributed by atoms with Crippen LogP contribution < -0.4 is 4.74 Å². The summed E-state index contributed by atoms with van der Waals surface area (Å²) in [5, 5.41) is 10.4. The van der Waals surface area contributed by atoms with Gasteiger partial charge in [0.05, 0.1) is 11.8 Å². The van der Waals surface area contributed by atoms with E-state index in [9.17, 15) is 5.11 Å². The van der Waals surface area contributed by atoms with Crippen molar-refractivity contribution in [3.63, 3.8) is 0 Å². The third kappa shape index (κ3) is 1.71. The minimum absolute atomic E-state index is 0.00416. The Bertz CT molecular complexity index is 700. The first-order chi connectivity index (χ1) is 10.1. The fourth-order valence-corrected chi connectivity index (χ4v) is 3.60. The molecule has 0 atom stereocenters. The van der Waals surface area contributed by atoms with Gasteiger partial charge in [0.25, 0.3) is 0 Å². The van der Waals surface area contributed by atoms with Crippen molar-refractivity contribution in [2.24, 2.45) is 0 Å². The maximum absolute atomic E-state index is 10.4. The van der Waals surface area contributed by atoms with Crippen molar-refractivity contribution in [1.82, 2.24) is 4.98 Å². The zero-order valence-electron chi connectivity index (χ0n) is 12.4. The normalized spacial score (nSPS) is 19.0. The fraction of sp³-hybridized carbons (Fsp3) is 0.471. The van der Waals surface area contributed by atoms with E-state index in [-0.39, 0.29) is 5.60 Å². The molecule has 2 aliphatic rings. The molecule has 1 saturated carbocycles. The average Bonchev–Trinajstić information content (AvgIpc) is 2.97. The first-order valence-corrected chi connectivity index (χ1v) is 7.55. The van der Waals surface area contributed by atoms with Crippen LogP contribution in [0.3, 0.4) is 0 Å². The average molecular weight is 285 g/mol. The van der Waals surface area contributed by atoms with E-state index in [0.29, 0.717) is 11.6 Å². The largest absolute Gasteiger partial charge is 0.507 e. The van der Waals surface area contributed by atoms with Crippen molar-refractivity contribution in [3.8, 4) is 23.0 Å². The van der Waals surface area contributed by atoms with E-state index in [1.807, 2.05) is 13.8 Å². The van der Waals surface area contributed by atoms with Crippen LogP contribution in [-0.4, -0.2) is 15.7 Å². The molecular weight excluding hydrogens is 266 g/mol. The third-order valence-electron chi connectivity index (χ3n) is 5.10. The lowest BCUT2D eigenvalue weighted by Gasteiger charge is -2.46. The Morgan fingerprint density at radius 1 is 1.19 bits per heavy atom. The zero-order valence-corrected chi connectivity index (χ0v) is 12.4. The van der Waals surface area contributed by atoms with Gasteiger partial charge in [-0.05, 0) is 51.5 Å². The SMILES string of the molecule is Cc1c(O)c(C)c(-c2ncco2)c2c1CCC1(CCC1)O2. The molecule has 1 aliphatic carbocycles. The highest BCUT2D eigenvalue weighted by molar-refractivity contribution is 5.75. The maximum atomic E-state index is 10.4. The minimum atomic E-state index is 0.00416. The molecule has 2 heterocycles. The highest BCUT2D eigenvalue weighted by Gasteiger charge is 2.44. The monoisotopic (exact) mass is 285 g/mol. The zero-order chi connectivity index (χ0) is 14.6. The van der Waals surface area contributed by atoms with E-state index in [1.165, 1.54) is 6.42 Å². The lowest BCUT2D eigenvalue weighted by atomic mass is 9.73. The third-order valence-corrected chi connectivity index (χ3v) is 5.10. The highest BCUT2D eigenvalue weighted by Crippen LogP contribution is 2.51. The predicted molar refractivity (Wildman–Crippen MR) is 78.6 cm³/mol. The molecule has 110 valence electrons. The number of aromatic hydroxyl groups is 1. The molecule has 1 fully saturated rings. The van der Waals surface area contributed by atoms with Gasteiger partial charge in [-0.25, -0.2) is 4.98 Å². The second-order valence-electron chi connectivity index (χ2n) is 6.26. The second kappa shape index (κ2) is 4.26. The number of fused-ring (bicyclic) bond motifs is 1. The molecule has 1 aromatic heterocycles. The van der Waals surface area contributed by atoms with Gasteiger partial charge in [-0.15, -0.1) is 0 Å². The van der Waals surface area contributed by atoms with Crippen LogP contribution in [0.25, 0.3) is 11.5 Å². The molecule has 0 radical (unpaired) electrons. The van der Waals surface area contributed by atoms with Crippen LogP contribution in [0.15, 0.2) is 16.9 Å². The Morgan fingerprint density at radius 3 is 2.62 bits per heavy atom. The van der Waals surface area contributed by atoms with Crippen LogP contribution in [-0.2, 0) is 6.42 Å². The number of aromatic nitrogens is 1. The van der Waals surface area contributed by atoms with Crippen LogP contribution in [0.1, 0.15) is 42.4 Å². The number of hydrogen-bond acceptors (Lipinski definition) is 4. The number of rotatable bonds is 1. The number of phenols is 1. The summed E-state index contributed by atoms with van der Waals surface area (Å²) < 4.78 is 11.9. The van der Waals surface area contributed by atoms with Crippen molar-refractivity contribution < 1.29 is 14.3 Å². The van der Waals surface area contributed by atoms with Crippen molar-refractivity contribution >= 4 is 0 Å². The van der Waals surface area contributed by atoms with E-state index in [4.69, 9.17) is 9.15 Å². The fourth-order valence-electron chi connectivity index (χ4n) is 3.60. The first kappa shape index (κ1) is 12.7. The Hall–Kier alpha value is -1.97. The summed E-state index contributed by atoms with van der Waals surface area (Å²) in [6.07, 6.45) is 8.64. The number of oxazole rings is 1. The van der Waals surface area contributed by atoms with Gasteiger partial charge in [0.1, 0.15) is 23.4 Å². The molecule has 4 nitrogen and oxygen atoms in total. The summed E-state index contributed by atoms with van der Waals surface area (Å²) in [6.45, 7) is 3.86. The van der Waals surface area contributed by atoms with Gasteiger partial charge in [0, 0.05) is 11.1 Å². The van der Waals surface area contributed by atoms with Crippen molar-refractivity contribution in [1.29, 1.82) is 0 Å². The molecule has 1 spiro atoms. The van der Waals surface area contributed by atoms with E-state index in [2.05, 4.69) is 4.98 Å². The summed E-state index contributed by atoms with van der Waals surface area (Å²) in [7, 11) is 0. The van der Waals surface area contributed by atoms with Crippen molar-refractivity contribution in [2.75, 3.05) is 0 Å². The molecule has 4 heteroatoms. The number of phenolic OH excluding ortho intramolecular Hbond substituents is 1. The van der Waals surface area contributed by atoms with E-state index >= 15 is 0 Å². The van der Waals surface area contributed by atoms with Gasteiger partial charge in [-0.3, -0.25) is 0 Å². The molecule has 1 aliphatic heterocycles. The number of hydrogen-bond donors (Lipinski definition) is 1. The summed E-state index contributed by atoms with van der Waals surface area (Å²) in [5.74, 6) is 1.72. The van der Waals surface area contributed by atoms with Crippen LogP contribution in [0, 0.1) is 13.8 Å². The van der Waals surface area contributed by atoms with Crippen LogP contribution in [0.4, 0.5) is 0 Å². The summed E-state index contributed by atoms with van der Waals surface area (Å²) >= 11 is 0. The first-order valence-electron chi connectivity index (χ1n) is 7.55. The molecule has 2 aromatic rings. The molecule has 1 N–H and O–H groups in total. The lowest BCUT2D eigenvalue weighted by molar-refractivity contribution is -0.0247. The molecule has 0 bridgehead atoms. The Morgan fingerprint density at radius 2 is 2.00 bits per heavy atom. The molecule has 0 amide bonds. The second-order valence-corrected chi connectivity index (χ2v) is 6.26. The summed E-state index contributed by atoms with van der Waals surface area (Å²) in [6, 6.07) is 0. The number of ether oxygens (including phenoxy) is 1. The standard InChI is InChI=1S/C17H19NO3/c1-10-12-4-7-17(5-3-6-17)21-15(12)13(11(2)14(10)19)16-18-8-9-20-16/h8-9,19H,3-7H2,1-2H3. The topological polar surface area (TPSA) is 55.5 Å². The van der Waals surface area contributed by atoms with Crippen LogP contribution in [0.5, 0.6) is 11.5 Å². The van der Waals surface area contributed by atoms with Crippen LogP contribution >= 0.6 is 0 Å². The number of nitrogens with zero attached hydrogens (tertiary/aromatic N) is 1. The maximum Gasteiger partial charge on any atom is 0.230 e. The highest BCUT2D eigenvalue weighted by atomic mass is 16.5. The quantitative estimate of drug-likeness (QED) is 0.863. The van der Waals surface area contributed by atoms with Gasteiger partial charge >= 0.3 is 0 Å². The summed E-state index contributed by atoms with van der Waals surface area (Å²) in [4.78, 5) is 4.26. The number of benzene rings is 1. The minimum Gasteiger partial charge on any atom is -0.507 e. The molecular formula is C17H19NO3. The Labute approximate surface area is 123 Å². The van der Waals surface area contributed by atoms with Gasteiger partial charge in [-0.2, -0.15) is 0 Å². The predicted octanol–water partition coefficient (Wildman–Crippen LogP) is 3.91. The van der Waals surface area contributed by atoms with Gasteiger partial charge in [0.15, 0.2) is 0 Å². The van der Waals surface area contributed by atoms with Crippen LogP contribution in [0.2, 0.25) is 0 Å². The van der Waals surface area contributed by atoms with Gasteiger partial charge in [0.2, 0.25) is 5.89 Å². The van der Waals surface area contributed by atoms with E-state index < -0.39 is 0 Å². The molecule has 1 aromatic carbocycles.